The Hall–Kier alpha value is -2.58. The highest BCUT2D eigenvalue weighted by Gasteiger charge is 2.52. The second-order valence-corrected chi connectivity index (χ2v) is 8.16. The summed E-state index contributed by atoms with van der Waals surface area (Å²) in [5.74, 6) is -6.03. The second kappa shape index (κ2) is 9.76. The molecule has 0 fully saturated rings. The maximum absolute atomic E-state index is 14.7. The highest BCUT2D eigenvalue weighted by Crippen LogP contribution is 2.29. The summed E-state index contributed by atoms with van der Waals surface area (Å²) in [6.45, 7) is 8.50. The van der Waals surface area contributed by atoms with Gasteiger partial charge in [-0.05, 0) is 57.4 Å². The molecule has 9 heteroatoms. The number of methoxy groups -OCH3 is 1. The van der Waals surface area contributed by atoms with Crippen LogP contribution in [0.15, 0.2) is 24.3 Å². The molecule has 3 N–H and O–H groups in total. The summed E-state index contributed by atoms with van der Waals surface area (Å²) < 4.78 is 39.5. The van der Waals surface area contributed by atoms with Crippen LogP contribution in [0.3, 0.4) is 0 Å². The summed E-state index contributed by atoms with van der Waals surface area (Å²) in [6, 6.07) is 2.96. The Morgan fingerprint density at radius 3 is 2.10 bits per heavy atom. The van der Waals surface area contributed by atoms with Crippen molar-refractivity contribution in [3.05, 3.63) is 24.3 Å². The number of halogens is 2. The fourth-order valence-corrected chi connectivity index (χ4v) is 2.69. The summed E-state index contributed by atoms with van der Waals surface area (Å²) in [4.78, 5) is 23.5. The van der Waals surface area contributed by atoms with Gasteiger partial charge in [-0.25, -0.2) is 9.59 Å². The maximum atomic E-state index is 14.7. The van der Waals surface area contributed by atoms with Crippen molar-refractivity contribution < 1.29 is 33.0 Å². The van der Waals surface area contributed by atoms with E-state index >= 15 is 0 Å². The Kier molecular flexibility index (Phi) is 8.23. The van der Waals surface area contributed by atoms with Gasteiger partial charge in [-0.1, -0.05) is 13.8 Å². The van der Waals surface area contributed by atoms with E-state index in [1.165, 1.54) is 19.2 Å². The van der Waals surface area contributed by atoms with Crippen molar-refractivity contribution in [2.45, 2.75) is 64.6 Å². The lowest BCUT2D eigenvalue weighted by molar-refractivity contribution is -0.168. The number of alkyl carbamates (subject to hydrolysis) is 1. The lowest BCUT2D eigenvalue weighted by Gasteiger charge is -2.34. The Labute approximate surface area is 169 Å². The first-order valence-corrected chi connectivity index (χ1v) is 9.27. The molecule has 1 aromatic rings. The Morgan fingerprint density at radius 1 is 1.14 bits per heavy atom. The first-order valence-electron chi connectivity index (χ1n) is 9.27. The third kappa shape index (κ3) is 7.75. The van der Waals surface area contributed by atoms with Gasteiger partial charge in [0.25, 0.3) is 0 Å². The SMILES string of the molecule is COc1ccc(NC([C@H](CC(C)C)NC(=O)OC(C)(C)C)C(F)(F)C(=O)O)cc1. The summed E-state index contributed by atoms with van der Waals surface area (Å²) in [5, 5.41) is 14.1. The normalized spacial score (nSPS) is 14.1. The van der Waals surface area contributed by atoms with E-state index in [9.17, 15) is 18.4 Å². The van der Waals surface area contributed by atoms with E-state index in [2.05, 4.69) is 10.6 Å². The van der Waals surface area contributed by atoms with Crippen molar-refractivity contribution in [3.8, 4) is 5.75 Å². The molecule has 1 amide bonds. The minimum absolute atomic E-state index is 0.0975. The summed E-state index contributed by atoms with van der Waals surface area (Å²) in [5.41, 5.74) is -0.572. The van der Waals surface area contributed by atoms with Gasteiger partial charge in [-0.2, -0.15) is 8.78 Å². The number of alkyl halides is 2. The fourth-order valence-electron chi connectivity index (χ4n) is 2.69. The van der Waals surface area contributed by atoms with Crippen LogP contribution in [0.5, 0.6) is 5.75 Å². The van der Waals surface area contributed by atoms with Gasteiger partial charge in [-0.15, -0.1) is 0 Å². The number of nitrogens with one attached hydrogen (secondary N) is 2. The van der Waals surface area contributed by atoms with Crippen LogP contribution in [0.1, 0.15) is 41.0 Å². The van der Waals surface area contributed by atoms with Gasteiger partial charge in [0.15, 0.2) is 0 Å². The van der Waals surface area contributed by atoms with Crippen molar-refractivity contribution in [1.29, 1.82) is 0 Å². The largest absolute Gasteiger partial charge is 0.497 e. The van der Waals surface area contributed by atoms with E-state index in [0.29, 0.717) is 5.75 Å². The maximum Gasteiger partial charge on any atom is 0.407 e. The van der Waals surface area contributed by atoms with Crippen LogP contribution in [-0.4, -0.2) is 47.9 Å². The molecule has 1 unspecified atom stereocenters. The number of rotatable bonds is 9. The Balaban J connectivity index is 3.23. The molecule has 1 rings (SSSR count). The molecule has 0 radical (unpaired) electrons. The number of carbonyl (C=O) groups excluding carboxylic acids is 1. The summed E-state index contributed by atoms with van der Waals surface area (Å²) >= 11 is 0. The number of hydrogen-bond donors (Lipinski definition) is 3. The molecular formula is C20H30F2N2O5. The van der Waals surface area contributed by atoms with Gasteiger partial charge >= 0.3 is 18.0 Å². The third-order valence-electron chi connectivity index (χ3n) is 3.92. The van der Waals surface area contributed by atoms with Crippen molar-refractivity contribution >= 4 is 17.7 Å². The third-order valence-corrected chi connectivity index (χ3v) is 3.92. The molecule has 0 spiro atoms. The number of amides is 1. The molecule has 0 aromatic heterocycles. The molecule has 7 nitrogen and oxygen atoms in total. The van der Waals surface area contributed by atoms with Crippen LogP contribution in [0, 0.1) is 5.92 Å². The van der Waals surface area contributed by atoms with Crippen molar-refractivity contribution in [3.63, 3.8) is 0 Å². The predicted molar refractivity (Wildman–Crippen MR) is 106 cm³/mol. The average molecular weight is 416 g/mol. The quantitative estimate of drug-likeness (QED) is 0.560. The zero-order valence-corrected chi connectivity index (χ0v) is 17.6. The van der Waals surface area contributed by atoms with E-state index in [0.717, 1.165) is 0 Å². The van der Waals surface area contributed by atoms with Gasteiger partial charge in [0.2, 0.25) is 0 Å². The van der Waals surface area contributed by atoms with Crippen molar-refractivity contribution in [1.82, 2.24) is 5.32 Å². The minimum Gasteiger partial charge on any atom is -0.497 e. The zero-order chi connectivity index (χ0) is 22.4. The molecule has 0 aliphatic heterocycles. The molecular weight excluding hydrogens is 386 g/mol. The number of aliphatic carboxylic acids is 1. The number of carbonyl (C=O) groups is 2. The number of carboxylic acids is 1. The Bertz CT molecular complexity index is 687. The van der Waals surface area contributed by atoms with Crippen LogP contribution in [-0.2, 0) is 9.53 Å². The van der Waals surface area contributed by atoms with Gasteiger partial charge in [-0.3, -0.25) is 0 Å². The molecule has 164 valence electrons. The van der Waals surface area contributed by atoms with Gasteiger partial charge in [0.1, 0.15) is 17.4 Å². The first kappa shape index (κ1) is 24.5. The zero-order valence-electron chi connectivity index (χ0n) is 17.6. The lowest BCUT2D eigenvalue weighted by Crippen LogP contribution is -2.59. The number of anilines is 1. The monoisotopic (exact) mass is 416 g/mol. The molecule has 0 bridgehead atoms. The van der Waals surface area contributed by atoms with Crippen molar-refractivity contribution in [2.75, 3.05) is 12.4 Å². The fraction of sp³-hybridized carbons (Fsp3) is 0.600. The first-order chi connectivity index (χ1) is 13.3. The molecule has 2 atom stereocenters. The Morgan fingerprint density at radius 2 is 1.69 bits per heavy atom. The topological polar surface area (TPSA) is 96.9 Å². The molecule has 29 heavy (non-hydrogen) atoms. The molecule has 0 saturated heterocycles. The van der Waals surface area contributed by atoms with Crippen molar-refractivity contribution in [2.24, 2.45) is 5.92 Å². The molecule has 0 aliphatic rings. The highest BCUT2D eigenvalue weighted by molar-refractivity contribution is 5.78. The van der Waals surface area contributed by atoms with Crippen LogP contribution < -0.4 is 15.4 Å². The van der Waals surface area contributed by atoms with Crippen LogP contribution in [0.2, 0.25) is 0 Å². The summed E-state index contributed by atoms with van der Waals surface area (Å²) in [7, 11) is 1.47. The lowest BCUT2D eigenvalue weighted by atomic mass is 9.92. The van der Waals surface area contributed by atoms with Gasteiger partial charge < -0.3 is 25.2 Å². The van der Waals surface area contributed by atoms with Crippen LogP contribution in [0.25, 0.3) is 0 Å². The second-order valence-electron chi connectivity index (χ2n) is 8.16. The van der Waals surface area contributed by atoms with Crippen LogP contribution in [0.4, 0.5) is 19.3 Å². The van der Waals surface area contributed by atoms with Gasteiger partial charge in [0.05, 0.1) is 13.2 Å². The number of benzene rings is 1. The smallest absolute Gasteiger partial charge is 0.407 e. The van der Waals surface area contributed by atoms with E-state index < -0.39 is 35.7 Å². The molecule has 1 aromatic carbocycles. The molecule has 0 aliphatic carbocycles. The summed E-state index contributed by atoms with van der Waals surface area (Å²) in [6.07, 6.45) is -0.790. The highest BCUT2D eigenvalue weighted by atomic mass is 19.3. The minimum atomic E-state index is -4.16. The van der Waals surface area contributed by atoms with E-state index in [1.54, 1.807) is 46.8 Å². The standard InChI is InChI=1S/C20H30F2N2O5/c1-12(2)11-15(24-18(27)29-19(3,4)5)16(20(21,22)17(25)26)23-13-7-9-14(28-6)10-8-13/h7-10,12,15-16,23H,11H2,1-6H3,(H,24,27)(H,25,26)/t15-,16?/m0/s1. The molecule has 0 saturated carbocycles. The molecule has 0 heterocycles. The number of ether oxygens (including phenoxy) is 2. The number of carboxylic acid groups (broad SMARTS) is 1. The van der Waals surface area contributed by atoms with E-state index in [1.807, 2.05) is 0 Å². The van der Waals surface area contributed by atoms with E-state index in [-0.39, 0.29) is 18.0 Å². The van der Waals surface area contributed by atoms with Gasteiger partial charge in [0, 0.05) is 5.69 Å². The predicted octanol–water partition coefficient (Wildman–Crippen LogP) is 4.14. The number of hydrogen-bond acceptors (Lipinski definition) is 5. The van der Waals surface area contributed by atoms with E-state index in [4.69, 9.17) is 14.6 Å². The average Bonchev–Trinajstić information content (AvgIpc) is 2.57. The van der Waals surface area contributed by atoms with Crippen LogP contribution >= 0.6 is 0 Å².